The van der Waals surface area contributed by atoms with Gasteiger partial charge in [0, 0.05) is 30.6 Å². The third kappa shape index (κ3) is 2.82. The van der Waals surface area contributed by atoms with E-state index in [1.54, 1.807) is 11.3 Å². The van der Waals surface area contributed by atoms with Gasteiger partial charge in [-0.05, 0) is 57.2 Å². The Hall–Kier alpha value is -0.620. The molecule has 2 saturated heterocycles. The Bertz CT molecular complexity index is 684. The molecule has 2 aromatic rings. The van der Waals surface area contributed by atoms with Crippen LogP contribution in [0.5, 0.6) is 0 Å². The van der Waals surface area contributed by atoms with Crippen LogP contribution in [0.1, 0.15) is 49.4 Å². The van der Waals surface area contributed by atoms with Gasteiger partial charge in [-0.15, -0.1) is 23.7 Å². The molecule has 0 amide bonds. The Kier molecular flexibility index (Phi) is 4.16. The lowest BCUT2D eigenvalue weighted by atomic mass is 9.78. The van der Waals surface area contributed by atoms with E-state index in [0.29, 0.717) is 5.41 Å². The topological polar surface area (TPSA) is 32.6 Å². The number of hydrogen-bond acceptors (Lipinski definition) is 4. The minimum absolute atomic E-state index is 0. The standard InChI is InChI=1S/C17H24N4S.ClH/c1-2-13(1)15-14(21-9-10-22-16(21)19-15)11-20-8-5-17(12-20)3-6-18-7-4-17;/h9-10,13,18H,1-8,11-12H2;1H. The van der Waals surface area contributed by atoms with Crippen molar-refractivity contribution >= 4 is 28.7 Å². The van der Waals surface area contributed by atoms with Gasteiger partial charge in [-0.3, -0.25) is 9.30 Å². The maximum atomic E-state index is 4.93. The lowest BCUT2D eigenvalue weighted by molar-refractivity contribution is 0.193. The summed E-state index contributed by atoms with van der Waals surface area (Å²) in [6, 6.07) is 0. The molecule has 1 spiro atoms. The molecule has 1 saturated carbocycles. The third-order valence-electron chi connectivity index (χ3n) is 5.91. The van der Waals surface area contributed by atoms with Crippen molar-refractivity contribution in [2.75, 3.05) is 26.2 Å². The molecule has 126 valence electrons. The van der Waals surface area contributed by atoms with Gasteiger partial charge >= 0.3 is 0 Å². The Labute approximate surface area is 147 Å². The minimum Gasteiger partial charge on any atom is -0.317 e. The number of likely N-dealkylation sites (tertiary alicyclic amines) is 1. The van der Waals surface area contributed by atoms with E-state index in [1.807, 2.05) is 0 Å². The number of nitrogens with one attached hydrogen (secondary N) is 1. The zero-order valence-electron chi connectivity index (χ0n) is 13.5. The van der Waals surface area contributed by atoms with E-state index in [-0.39, 0.29) is 12.4 Å². The van der Waals surface area contributed by atoms with E-state index in [0.717, 1.165) is 12.5 Å². The van der Waals surface area contributed by atoms with Crippen molar-refractivity contribution in [1.82, 2.24) is 19.6 Å². The molecular formula is C17H25ClN4S. The first kappa shape index (κ1) is 15.9. The molecule has 4 nitrogen and oxygen atoms in total. The molecule has 5 rings (SSSR count). The van der Waals surface area contributed by atoms with Gasteiger partial charge < -0.3 is 5.32 Å². The molecular weight excluding hydrogens is 328 g/mol. The molecule has 0 radical (unpaired) electrons. The highest BCUT2D eigenvalue weighted by molar-refractivity contribution is 7.15. The fraction of sp³-hybridized carbons (Fsp3) is 0.706. The Balaban J connectivity index is 0.00000135. The van der Waals surface area contributed by atoms with Crippen LogP contribution in [0.4, 0.5) is 0 Å². The summed E-state index contributed by atoms with van der Waals surface area (Å²) in [6.07, 6.45) is 9.00. The van der Waals surface area contributed by atoms with E-state index in [2.05, 4.69) is 26.2 Å². The number of fused-ring (bicyclic) bond motifs is 1. The van der Waals surface area contributed by atoms with Crippen LogP contribution in [0.25, 0.3) is 4.96 Å². The molecule has 0 atom stereocenters. The molecule has 0 aromatic carbocycles. The number of thiazole rings is 1. The summed E-state index contributed by atoms with van der Waals surface area (Å²) in [5.41, 5.74) is 3.48. The van der Waals surface area contributed by atoms with Crippen molar-refractivity contribution < 1.29 is 0 Å². The van der Waals surface area contributed by atoms with Gasteiger partial charge in [0.2, 0.25) is 0 Å². The maximum Gasteiger partial charge on any atom is 0.194 e. The zero-order valence-corrected chi connectivity index (χ0v) is 15.1. The number of piperidine rings is 1. The molecule has 23 heavy (non-hydrogen) atoms. The highest BCUT2D eigenvalue weighted by atomic mass is 35.5. The van der Waals surface area contributed by atoms with Crippen LogP contribution in [-0.2, 0) is 6.54 Å². The van der Waals surface area contributed by atoms with Gasteiger partial charge in [-0.1, -0.05) is 0 Å². The predicted molar refractivity (Wildman–Crippen MR) is 96.7 cm³/mol. The number of imidazole rings is 1. The smallest absolute Gasteiger partial charge is 0.194 e. The summed E-state index contributed by atoms with van der Waals surface area (Å²) < 4.78 is 2.35. The van der Waals surface area contributed by atoms with Crippen molar-refractivity contribution in [2.24, 2.45) is 5.41 Å². The van der Waals surface area contributed by atoms with Crippen LogP contribution in [0, 0.1) is 5.41 Å². The second-order valence-corrected chi connectivity index (χ2v) is 8.36. The molecule has 0 bridgehead atoms. The predicted octanol–water partition coefficient (Wildman–Crippen LogP) is 3.27. The second-order valence-electron chi connectivity index (χ2n) is 7.48. The van der Waals surface area contributed by atoms with E-state index in [9.17, 15) is 0 Å². The molecule has 6 heteroatoms. The first-order valence-electron chi connectivity index (χ1n) is 8.70. The lowest BCUT2D eigenvalue weighted by Crippen LogP contribution is -2.38. The van der Waals surface area contributed by atoms with Crippen LogP contribution >= 0.6 is 23.7 Å². The first-order chi connectivity index (χ1) is 10.8. The normalized spacial score (nSPS) is 24.3. The SMILES string of the molecule is Cl.c1cn2c(CN3CCC4(CCNCC4)C3)c(C3CC3)nc2s1. The molecule has 3 fully saturated rings. The monoisotopic (exact) mass is 352 g/mol. The molecule has 2 aliphatic heterocycles. The highest BCUT2D eigenvalue weighted by Gasteiger charge is 2.39. The molecule has 1 aliphatic carbocycles. The Morgan fingerprint density at radius 2 is 2.09 bits per heavy atom. The van der Waals surface area contributed by atoms with Crippen molar-refractivity contribution in [2.45, 2.75) is 44.6 Å². The fourth-order valence-electron chi connectivity index (χ4n) is 4.43. The summed E-state index contributed by atoms with van der Waals surface area (Å²) in [4.78, 5) is 8.81. The van der Waals surface area contributed by atoms with Crippen LogP contribution in [0.15, 0.2) is 11.6 Å². The molecule has 1 N–H and O–H groups in total. The number of halogens is 1. The molecule has 0 unspecified atom stereocenters. The summed E-state index contributed by atoms with van der Waals surface area (Å²) in [7, 11) is 0. The number of hydrogen-bond donors (Lipinski definition) is 1. The summed E-state index contributed by atoms with van der Waals surface area (Å²) >= 11 is 1.77. The van der Waals surface area contributed by atoms with Crippen LogP contribution in [0.3, 0.4) is 0 Å². The zero-order chi connectivity index (χ0) is 14.6. The quantitative estimate of drug-likeness (QED) is 0.920. The van der Waals surface area contributed by atoms with Crippen molar-refractivity contribution in [1.29, 1.82) is 0 Å². The van der Waals surface area contributed by atoms with E-state index in [4.69, 9.17) is 4.98 Å². The Morgan fingerprint density at radius 1 is 1.26 bits per heavy atom. The average molecular weight is 353 g/mol. The van der Waals surface area contributed by atoms with Crippen molar-refractivity contribution in [3.8, 4) is 0 Å². The first-order valence-corrected chi connectivity index (χ1v) is 9.58. The van der Waals surface area contributed by atoms with Gasteiger partial charge in [0.25, 0.3) is 0 Å². The van der Waals surface area contributed by atoms with Crippen LogP contribution in [-0.4, -0.2) is 40.5 Å². The fourth-order valence-corrected chi connectivity index (χ4v) is 5.17. The number of aromatic nitrogens is 2. The maximum absolute atomic E-state index is 4.93. The summed E-state index contributed by atoms with van der Waals surface area (Å²) in [5, 5.41) is 5.69. The summed E-state index contributed by atoms with van der Waals surface area (Å²) in [6.45, 7) is 6.07. The van der Waals surface area contributed by atoms with Crippen LogP contribution in [0.2, 0.25) is 0 Å². The average Bonchev–Trinajstić information content (AvgIpc) is 3.00. The molecule has 4 heterocycles. The highest BCUT2D eigenvalue weighted by Crippen LogP contribution is 2.43. The molecule has 3 aliphatic rings. The van der Waals surface area contributed by atoms with Gasteiger partial charge in [0.1, 0.15) is 0 Å². The largest absolute Gasteiger partial charge is 0.317 e. The Morgan fingerprint density at radius 3 is 2.87 bits per heavy atom. The summed E-state index contributed by atoms with van der Waals surface area (Å²) in [5.74, 6) is 0.748. The van der Waals surface area contributed by atoms with Gasteiger partial charge in [-0.25, -0.2) is 4.98 Å². The van der Waals surface area contributed by atoms with Gasteiger partial charge in [0.05, 0.1) is 11.4 Å². The number of rotatable bonds is 3. The van der Waals surface area contributed by atoms with Gasteiger partial charge in [-0.2, -0.15) is 0 Å². The van der Waals surface area contributed by atoms with Gasteiger partial charge in [0.15, 0.2) is 4.96 Å². The third-order valence-corrected chi connectivity index (χ3v) is 6.67. The van der Waals surface area contributed by atoms with E-state index >= 15 is 0 Å². The van der Waals surface area contributed by atoms with E-state index < -0.39 is 0 Å². The lowest BCUT2D eigenvalue weighted by Gasteiger charge is -2.33. The second kappa shape index (κ2) is 6.03. The molecule has 2 aromatic heterocycles. The van der Waals surface area contributed by atoms with Crippen molar-refractivity contribution in [3.63, 3.8) is 0 Å². The number of nitrogens with zero attached hydrogens (tertiary/aromatic N) is 3. The van der Waals surface area contributed by atoms with Crippen molar-refractivity contribution in [3.05, 3.63) is 23.0 Å². The van der Waals surface area contributed by atoms with Crippen LogP contribution < -0.4 is 5.32 Å². The van der Waals surface area contributed by atoms with E-state index in [1.165, 1.54) is 74.6 Å². The minimum atomic E-state index is 0.